The molecule has 1 N–H and O–H groups in total. The quantitative estimate of drug-likeness (QED) is 0.430. The van der Waals surface area contributed by atoms with Crippen LogP contribution >= 0.6 is 11.6 Å². The lowest BCUT2D eigenvalue weighted by Crippen LogP contribution is -2.17. The maximum absolute atomic E-state index is 6.21. The van der Waals surface area contributed by atoms with Crippen molar-refractivity contribution in [2.75, 3.05) is 20.8 Å². The van der Waals surface area contributed by atoms with Crippen LogP contribution in [-0.4, -0.2) is 20.8 Å². The first kappa shape index (κ1) is 22.0. The van der Waals surface area contributed by atoms with Crippen LogP contribution in [0, 0.1) is 6.92 Å². The molecule has 0 aromatic heterocycles. The molecular weight excluding hydrogens is 398 g/mol. The Hall–Kier alpha value is -2.69. The number of halogens is 1. The van der Waals surface area contributed by atoms with Crippen molar-refractivity contribution < 1.29 is 14.2 Å². The van der Waals surface area contributed by atoms with Crippen molar-refractivity contribution in [2.24, 2.45) is 0 Å². The molecular formula is C25H28ClNO3. The average Bonchev–Trinajstić information content (AvgIpc) is 2.77. The van der Waals surface area contributed by atoms with Gasteiger partial charge in [-0.05, 0) is 61.3 Å². The smallest absolute Gasteiger partial charge is 0.160 e. The van der Waals surface area contributed by atoms with Gasteiger partial charge in [-0.2, -0.15) is 0 Å². The first-order chi connectivity index (χ1) is 14.6. The molecule has 0 saturated carbocycles. The number of benzene rings is 3. The molecule has 30 heavy (non-hydrogen) atoms. The highest BCUT2D eigenvalue weighted by molar-refractivity contribution is 6.30. The highest BCUT2D eigenvalue weighted by atomic mass is 35.5. The van der Waals surface area contributed by atoms with E-state index in [1.54, 1.807) is 14.2 Å². The molecule has 3 rings (SSSR count). The third kappa shape index (κ3) is 6.15. The highest BCUT2D eigenvalue weighted by Gasteiger charge is 2.07. The van der Waals surface area contributed by atoms with Crippen molar-refractivity contribution in [1.29, 1.82) is 0 Å². The van der Waals surface area contributed by atoms with Gasteiger partial charge in [-0.3, -0.25) is 0 Å². The predicted molar refractivity (Wildman–Crippen MR) is 122 cm³/mol. The van der Waals surface area contributed by atoms with Gasteiger partial charge in [0.25, 0.3) is 0 Å². The van der Waals surface area contributed by atoms with Crippen LogP contribution in [0.15, 0.2) is 60.7 Å². The highest BCUT2D eigenvalue weighted by Crippen LogP contribution is 2.28. The summed E-state index contributed by atoms with van der Waals surface area (Å²) in [4.78, 5) is 0. The van der Waals surface area contributed by atoms with Gasteiger partial charge >= 0.3 is 0 Å². The molecule has 158 valence electrons. The van der Waals surface area contributed by atoms with Crippen LogP contribution in [0.3, 0.4) is 0 Å². The van der Waals surface area contributed by atoms with E-state index in [9.17, 15) is 0 Å². The fourth-order valence-corrected chi connectivity index (χ4v) is 3.36. The van der Waals surface area contributed by atoms with Crippen LogP contribution in [0.4, 0.5) is 0 Å². The molecule has 0 radical (unpaired) electrons. The van der Waals surface area contributed by atoms with Crippen LogP contribution in [0.5, 0.6) is 17.2 Å². The Kier molecular flexibility index (Phi) is 8.00. The largest absolute Gasteiger partial charge is 0.493 e. The number of ether oxygens (including phenoxy) is 3. The zero-order valence-corrected chi connectivity index (χ0v) is 18.5. The summed E-state index contributed by atoms with van der Waals surface area (Å²) in [7, 11) is 3.29. The fraction of sp³-hybridized carbons (Fsp3) is 0.280. The number of methoxy groups -OCH3 is 2. The standard InChI is InChI=1S/C25H28ClNO3/c1-18-4-6-20(7-5-18)17-30-23-11-9-22(26)15-21(23)16-27-13-12-19-8-10-24(28-2)25(14-19)29-3/h4-11,14-15,27H,12-13,16-17H2,1-3H3. The third-order valence-electron chi connectivity index (χ3n) is 4.89. The maximum Gasteiger partial charge on any atom is 0.160 e. The van der Waals surface area contributed by atoms with E-state index in [1.165, 1.54) is 11.1 Å². The second-order valence-corrected chi connectivity index (χ2v) is 7.58. The Bertz CT molecular complexity index is 957. The van der Waals surface area contributed by atoms with Crippen LogP contribution in [0.25, 0.3) is 0 Å². The van der Waals surface area contributed by atoms with Crippen LogP contribution < -0.4 is 19.5 Å². The topological polar surface area (TPSA) is 39.7 Å². The van der Waals surface area contributed by atoms with Crippen molar-refractivity contribution in [1.82, 2.24) is 5.32 Å². The zero-order valence-electron chi connectivity index (χ0n) is 17.7. The van der Waals surface area contributed by atoms with Crippen molar-refractivity contribution in [3.63, 3.8) is 0 Å². The number of hydrogen-bond acceptors (Lipinski definition) is 4. The summed E-state index contributed by atoms with van der Waals surface area (Å²) >= 11 is 6.21. The molecule has 0 saturated heterocycles. The Morgan fingerprint density at radius 3 is 2.23 bits per heavy atom. The lowest BCUT2D eigenvalue weighted by atomic mass is 10.1. The van der Waals surface area contributed by atoms with Crippen LogP contribution in [-0.2, 0) is 19.6 Å². The number of aryl methyl sites for hydroxylation is 1. The van der Waals surface area contributed by atoms with Gasteiger partial charge in [0.15, 0.2) is 11.5 Å². The molecule has 0 spiro atoms. The predicted octanol–water partition coefficient (Wildman–Crippen LogP) is 5.58. The SMILES string of the molecule is COc1ccc(CCNCc2cc(Cl)ccc2OCc2ccc(C)cc2)cc1OC. The van der Waals surface area contributed by atoms with Gasteiger partial charge in [0, 0.05) is 17.1 Å². The third-order valence-corrected chi connectivity index (χ3v) is 5.13. The van der Waals surface area contributed by atoms with Gasteiger partial charge < -0.3 is 19.5 Å². The molecule has 5 heteroatoms. The van der Waals surface area contributed by atoms with Crippen LogP contribution in [0.1, 0.15) is 22.3 Å². The summed E-state index contributed by atoms with van der Waals surface area (Å²) in [5.74, 6) is 2.33. The van der Waals surface area contributed by atoms with E-state index in [1.807, 2.05) is 30.3 Å². The van der Waals surface area contributed by atoms with E-state index in [-0.39, 0.29) is 0 Å². The number of hydrogen-bond donors (Lipinski definition) is 1. The lowest BCUT2D eigenvalue weighted by Gasteiger charge is -2.14. The van der Waals surface area contributed by atoms with Gasteiger partial charge in [-0.25, -0.2) is 0 Å². The van der Waals surface area contributed by atoms with E-state index in [0.29, 0.717) is 18.2 Å². The van der Waals surface area contributed by atoms with E-state index in [2.05, 4.69) is 42.6 Å². The zero-order chi connectivity index (χ0) is 21.3. The van der Waals surface area contributed by atoms with Gasteiger partial charge in [0.1, 0.15) is 12.4 Å². The van der Waals surface area contributed by atoms with E-state index in [0.717, 1.165) is 41.3 Å². The Morgan fingerprint density at radius 2 is 1.50 bits per heavy atom. The minimum absolute atomic E-state index is 0.528. The summed E-state index contributed by atoms with van der Waals surface area (Å²) in [6.45, 7) is 4.10. The number of nitrogens with one attached hydrogen (secondary N) is 1. The van der Waals surface area contributed by atoms with Crippen molar-refractivity contribution in [3.8, 4) is 17.2 Å². The second kappa shape index (κ2) is 10.9. The molecule has 0 bridgehead atoms. The molecule has 0 aliphatic rings. The first-order valence-corrected chi connectivity index (χ1v) is 10.3. The average molecular weight is 426 g/mol. The van der Waals surface area contributed by atoms with Crippen molar-refractivity contribution in [2.45, 2.75) is 26.5 Å². The molecule has 0 fully saturated rings. The van der Waals surface area contributed by atoms with E-state index < -0.39 is 0 Å². The maximum atomic E-state index is 6.21. The van der Waals surface area contributed by atoms with Gasteiger partial charge in [-0.15, -0.1) is 0 Å². The van der Waals surface area contributed by atoms with E-state index >= 15 is 0 Å². The molecule has 0 unspecified atom stereocenters. The number of rotatable bonds is 10. The molecule has 0 amide bonds. The molecule has 0 atom stereocenters. The van der Waals surface area contributed by atoms with Gasteiger partial charge in [0.2, 0.25) is 0 Å². The molecule has 4 nitrogen and oxygen atoms in total. The normalized spacial score (nSPS) is 10.7. The van der Waals surface area contributed by atoms with Crippen molar-refractivity contribution in [3.05, 3.63) is 87.9 Å². The van der Waals surface area contributed by atoms with Crippen molar-refractivity contribution >= 4 is 11.6 Å². The summed E-state index contributed by atoms with van der Waals surface area (Å²) in [5, 5.41) is 4.18. The summed E-state index contributed by atoms with van der Waals surface area (Å²) < 4.78 is 16.7. The molecule has 3 aromatic rings. The first-order valence-electron chi connectivity index (χ1n) is 9.97. The summed E-state index contributed by atoms with van der Waals surface area (Å²) in [5.41, 5.74) is 4.61. The van der Waals surface area contributed by atoms with E-state index in [4.69, 9.17) is 25.8 Å². The fourth-order valence-electron chi connectivity index (χ4n) is 3.16. The van der Waals surface area contributed by atoms with Gasteiger partial charge in [0.05, 0.1) is 14.2 Å². The minimum Gasteiger partial charge on any atom is -0.493 e. The van der Waals surface area contributed by atoms with Crippen LogP contribution in [0.2, 0.25) is 5.02 Å². The second-order valence-electron chi connectivity index (χ2n) is 7.14. The Labute approximate surface area is 183 Å². The Morgan fingerprint density at radius 1 is 0.800 bits per heavy atom. The summed E-state index contributed by atoms with van der Waals surface area (Å²) in [6.07, 6.45) is 0.875. The van der Waals surface area contributed by atoms with Gasteiger partial charge in [-0.1, -0.05) is 47.5 Å². The molecule has 3 aromatic carbocycles. The summed E-state index contributed by atoms with van der Waals surface area (Å²) in [6, 6.07) is 20.1. The Balaban J connectivity index is 1.56. The monoisotopic (exact) mass is 425 g/mol. The lowest BCUT2D eigenvalue weighted by molar-refractivity contribution is 0.302. The molecule has 0 heterocycles. The molecule has 0 aliphatic heterocycles. The minimum atomic E-state index is 0.528. The molecule has 0 aliphatic carbocycles.